The molecule has 0 aliphatic heterocycles. The van der Waals surface area contributed by atoms with E-state index in [1.165, 1.54) is 12.5 Å². The highest BCUT2D eigenvalue weighted by atomic mass is 16.4. The first-order valence-electron chi connectivity index (χ1n) is 6.26. The molecule has 0 fully saturated rings. The summed E-state index contributed by atoms with van der Waals surface area (Å²) in [5, 5.41) is 43.6. The molecule has 6 heteroatoms. The number of rotatable bonds is 6. The van der Waals surface area contributed by atoms with Crippen molar-refractivity contribution in [2.24, 2.45) is 0 Å². The molecule has 4 unspecified atom stereocenters. The van der Waals surface area contributed by atoms with Crippen LogP contribution in [0, 0.1) is 0 Å². The lowest BCUT2D eigenvalue weighted by molar-refractivity contribution is -0.132. The van der Waals surface area contributed by atoms with Gasteiger partial charge < -0.3 is 30.3 Å². The summed E-state index contributed by atoms with van der Waals surface area (Å²) in [7, 11) is 0. The molecule has 5 N–H and O–H groups in total. The van der Waals surface area contributed by atoms with Crippen molar-refractivity contribution in [3.8, 4) is 0 Å². The second-order valence-corrected chi connectivity index (χ2v) is 4.31. The lowest BCUT2D eigenvalue weighted by Crippen LogP contribution is -2.43. The number of hydrogen-bond acceptors (Lipinski definition) is 6. The molecule has 114 valence electrons. The van der Waals surface area contributed by atoms with Gasteiger partial charge in [0.05, 0.1) is 6.10 Å². The van der Waals surface area contributed by atoms with Crippen LogP contribution in [-0.4, -0.2) is 62.8 Å². The summed E-state index contributed by atoms with van der Waals surface area (Å²) in [5.41, 5.74) is 1.19. The molecule has 0 spiro atoms. The van der Waals surface area contributed by atoms with Crippen LogP contribution in [0.5, 0.6) is 0 Å². The first kappa shape index (κ1) is 18.7. The van der Waals surface area contributed by atoms with Crippen LogP contribution >= 0.6 is 0 Å². The van der Waals surface area contributed by atoms with Crippen LogP contribution in [0.15, 0.2) is 30.3 Å². The SMILES string of the molecule is CC(O)C(O)C(O)C(O)C=O.OCCc1ccccc1. The number of carbonyl (C=O) groups excluding carboxylic acids is 1. The Labute approximate surface area is 117 Å². The molecule has 0 bridgehead atoms. The summed E-state index contributed by atoms with van der Waals surface area (Å²) in [4.78, 5) is 9.87. The van der Waals surface area contributed by atoms with Gasteiger partial charge in [0.25, 0.3) is 0 Å². The van der Waals surface area contributed by atoms with E-state index in [1.807, 2.05) is 30.3 Å². The highest BCUT2D eigenvalue weighted by molar-refractivity contribution is 5.56. The number of aliphatic hydroxyl groups excluding tert-OH is 5. The van der Waals surface area contributed by atoms with Crippen molar-refractivity contribution in [2.45, 2.75) is 37.8 Å². The van der Waals surface area contributed by atoms with E-state index in [-0.39, 0.29) is 12.9 Å². The summed E-state index contributed by atoms with van der Waals surface area (Å²) in [6.07, 6.45) is -5.11. The van der Waals surface area contributed by atoms with Gasteiger partial charge in [0, 0.05) is 6.61 Å². The normalized spacial score (nSPS) is 16.3. The Kier molecular flexibility index (Phi) is 9.79. The number of carbonyl (C=O) groups is 1. The molecule has 4 atom stereocenters. The van der Waals surface area contributed by atoms with Crippen LogP contribution in [0.3, 0.4) is 0 Å². The zero-order valence-electron chi connectivity index (χ0n) is 11.3. The van der Waals surface area contributed by atoms with Gasteiger partial charge in [-0.2, -0.15) is 0 Å². The number of aldehydes is 1. The van der Waals surface area contributed by atoms with E-state index in [9.17, 15) is 4.79 Å². The van der Waals surface area contributed by atoms with Crippen molar-refractivity contribution in [3.05, 3.63) is 35.9 Å². The van der Waals surface area contributed by atoms with Gasteiger partial charge in [-0.25, -0.2) is 0 Å². The lowest BCUT2D eigenvalue weighted by atomic mass is 10.1. The summed E-state index contributed by atoms with van der Waals surface area (Å²) in [6.45, 7) is 1.48. The van der Waals surface area contributed by atoms with Gasteiger partial charge in [-0.05, 0) is 18.9 Å². The molecule has 0 aliphatic carbocycles. The summed E-state index contributed by atoms with van der Waals surface area (Å²) >= 11 is 0. The molecule has 0 radical (unpaired) electrons. The van der Waals surface area contributed by atoms with Crippen LogP contribution in [0.25, 0.3) is 0 Å². The van der Waals surface area contributed by atoms with E-state index in [1.54, 1.807) is 0 Å². The average molecular weight is 286 g/mol. The largest absolute Gasteiger partial charge is 0.396 e. The van der Waals surface area contributed by atoms with Crippen LogP contribution in [0.1, 0.15) is 12.5 Å². The highest BCUT2D eigenvalue weighted by Gasteiger charge is 2.27. The molecule has 1 aromatic rings. The fourth-order valence-corrected chi connectivity index (χ4v) is 1.34. The van der Waals surface area contributed by atoms with E-state index in [0.29, 0.717) is 0 Å². The second kappa shape index (κ2) is 10.5. The molecule has 0 saturated heterocycles. The van der Waals surface area contributed by atoms with Gasteiger partial charge in [-0.1, -0.05) is 30.3 Å². The minimum absolute atomic E-state index is 0.0935. The maximum absolute atomic E-state index is 9.87. The van der Waals surface area contributed by atoms with Gasteiger partial charge >= 0.3 is 0 Å². The van der Waals surface area contributed by atoms with Crippen molar-refractivity contribution in [3.63, 3.8) is 0 Å². The third-order valence-corrected chi connectivity index (χ3v) is 2.58. The Hall–Kier alpha value is -1.31. The summed E-state index contributed by atoms with van der Waals surface area (Å²) in [5.74, 6) is 0. The quantitative estimate of drug-likeness (QED) is 0.422. The Balaban J connectivity index is 0.000000367. The maximum Gasteiger partial charge on any atom is 0.151 e. The Morgan fingerprint density at radius 1 is 1.05 bits per heavy atom. The van der Waals surface area contributed by atoms with E-state index in [4.69, 9.17) is 25.5 Å². The molecule has 0 amide bonds. The van der Waals surface area contributed by atoms with Crippen LogP contribution < -0.4 is 0 Å². The summed E-state index contributed by atoms with van der Waals surface area (Å²) in [6, 6.07) is 9.95. The van der Waals surface area contributed by atoms with Gasteiger partial charge in [-0.3, -0.25) is 0 Å². The predicted octanol–water partition coefficient (Wildman–Crippen LogP) is -1.13. The molecule has 1 rings (SSSR count). The number of aliphatic hydroxyl groups is 5. The zero-order valence-corrected chi connectivity index (χ0v) is 11.3. The molecule has 0 aliphatic rings. The third-order valence-electron chi connectivity index (χ3n) is 2.58. The monoisotopic (exact) mass is 286 g/mol. The van der Waals surface area contributed by atoms with E-state index in [0.717, 1.165) is 6.42 Å². The Morgan fingerprint density at radius 2 is 1.60 bits per heavy atom. The first-order valence-corrected chi connectivity index (χ1v) is 6.26. The Morgan fingerprint density at radius 3 is 2.00 bits per heavy atom. The van der Waals surface area contributed by atoms with E-state index in [2.05, 4.69) is 0 Å². The first-order chi connectivity index (χ1) is 9.43. The predicted molar refractivity (Wildman–Crippen MR) is 73.0 cm³/mol. The van der Waals surface area contributed by atoms with Crippen molar-refractivity contribution in [1.29, 1.82) is 0 Å². The molecule has 20 heavy (non-hydrogen) atoms. The molecule has 1 aromatic carbocycles. The fourth-order valence-electron chi connectivity index (χ4n) is 1.34. The molecule has 0 aromatic heterocycles. The van der Waals surface area contributed by atoms with Gasteiger partial charge in [0.2, 0.25) is 0 Å². The molecule has 0 heterocycles. The van der Waals surface area contributed by atoms with Gasteiger partial charge in [0.15, 0.2) is 6.29 Å². The molecular formula is C14H22O6. The third kappa shape index (κ3) is 7.32. The van der Waals surface area contributed by atoms with E-state index >= 15 is 0 Å². The van der Waals surface area contributed by atoms with E-state index < -0.39 is 24.4 Å². The molecular weight excluding hydrogens is 264 g/mol. The van der Waals surface area contributed by atoms with Crippen LogP contribution in [0.4, 0.5) is 0 Å². The Bertz CT molecular complexity index is 354. The van der Waals surface area contributed by atoms with Crippen molar-refractivity contribution in [1.82, 2.24) is 0 Å². The topological polar surface area (TPSA) is 118 Å². The van der Waals surface area contributed by atoms with Crippen molar-refractivity contribution in [2.75, 3.05) is 6.61 Å². The van der Waals surface area contributed by atoms with Gasteiger partial charge in [-0.15, -0.1) is 0 Å². The van der Waals surface area contributed by atoms with Crippen molar-refractivity contribution < 1.29 is 30.3 Å². The van der Waals surface area contributed by atoms with Crippen LogP contribution in [-0.2, 0) is 11.2 Å². The molecule has 0 saturated carbocycles. The van der Waals surface area contributed by atoms with Crippen molar-refractivity contribution >= 4 is 6.29 Å². The lowest BCUT2D eigenvalue weighted by Gasteiger charge is -2.21. The van der Waals surface area contributed by atoms with Crippen LogP contribution in [0.2, 0.25) is 0 Å². The fraction of sp³-hybridized carbons (Fsp3) is 0.500. The number of hydrogen-bond donors (Lipinski definition) is 5. The minimum Gasteiger partial charge on any atom is -0.396 e. The smallest absolute Gasteiger partial charge is 0.151 e. The minimum atomic E-state index is -1.65. The zero-order chi connectivity index (χ0) is 15.5. The standard InChI is InChI=1S/C8H10O.C6H12O5/c9-7-6-8-4-2-1-3-5-8;1-3(8)5(10)6(11)4(9)2-7/h1-5,9H,6-7H2;2-6,8-11H,1H3. The van der Waals surface area contributed by atoms with Gasteiger partial charge in [0.1, 0.15) is 18.3 Å². The molecule has 6 nitrogen and oxygen atoms in total. The second-order valence-electron chi connectivity index (χ2n) is 4.31. The average Bonchev–Trinajstić information content (AvgIpc) is 2.47. The maximum atomic E-state index is 9.87. The number of benzene rings is 1. The summed E-state index contributed by atoms with van der Waals surface area (Å²) < 4.78 is 0. The highest BCUT2D eigenvalue weighted by Crippen LogP contribution is 2.02.